The summed E-state index contributed by atoms with van der Waals surface area (Å²) in [5, 5.41) is 0. The monoisotopic (exact) mass is 241 g/mol. The van der Waals surface area contributed by atoms with Crippen LogP contribution in [0, 0.1) is 0 Å². The van der Waals surface area contributed by atoms with Crippen LogP contribution >= 0.6 is 0 Å². The van der Waals surface area contributed by atoms with E-state index >= 15 is 0 Å². The van der Waals surface area contributed by atoms with Crippen molar-refractivity contribution in [3.63, 3.8) is 0 Å². The maximum atomic E-state index is 14.3. The molecule has 0 spiro atoms. The SMILES string of the molecule is CO[C@@H]1CCN(c2ncnc(N)n2)C[C@]1(C)F. The van der Waals surface area contributed by atoms with Crippen LogP contribution in [0.25, 0.3) is 0 Å². The van der Waals surface area contributed by atoms with E-state index in [1.807, 2.05) is 0 Å². The van der Waals surface area contributed by atoms with Gasteiger partial charge in [-0.05, 0) is 13.3 Å². The summed E-state index contributed by atoms with van der Waals surface area (Å²) in [5.41, 5.74) is 4.06. The standard InChI is InChI=1S/C10H16FN5O/c1-10(11)5-16(4-3-7(10)17-2)9-14-6-13-8(12)15-9/h6-7H,3-5H2,1-2H3,(H2,12,13,14,15)/t7-,10+/m1/s1. The molecule has 2 heterocycles. The molecule has 0 radical (unpaired) electrons. The highest BCUT2D eigenvalue weighted by atomic mass is 19.1. The van der Waals surface area contributed by atoms with Crippen molar-refractivity contribution in [2.45, 2.75) is 25.1 Å². The van der Waals surface area contributed by atoms with E-state index in [0.29, 0.717) is 18.9 Å². The third-order valence-electron chi connectivity index (χ3n) is 2.98. The summed E-state index contributed by atoms with van der Waals surface area (Å²) in [4.78, 5) is 13.5. The molecule has 0 aromatic carbocycles. The first-order chi connectivity index (χ1) is 8.03. The number of methoxy groups -OCH3 is 1. The van der Waals surface area contributed by atoms with Crippen LogP contribution < -0.4 is 10.6 Å². The lowest BCUT2D eigenvalue weighted by Crippen LogP contribution is -2.53. The molecule has 0 bridgehead atoms. The van der Waals surface area contributed by atoms with Crippen molar-refractivity contribution < 1.29 is 9.13 Å². The predicted molar refractivity (Wildman–Crippen MR) is 61.4 cm³/mol. The maximum Gasteiger partial charge on any atom is 0.230 e. The minimum Gasteiger partial charge on any atom is -0.378 e. The number of hydrogen-bond acceptors (Lipinski definition) is 6. The van der Waals surface area contributed by atoms with Gasteiger partial charge in [-0.2, -0.15) is 4.98 Å². The molecule has 0 aliphatic carbocycles. The molecule has 0 unspecified atom stereocenters. The van der Waals surface area contributed by atoms with E-state index in [1.54, 1.807) is 4.90 Å². The molecule has 2 rings (SSSR count). The molecule has 1 aromatic rings. The molecule has 1 aliphatic rings. The molecule has 0 amide bonds. The van der Waals surface area contributed by atoms with E-state index in [0.717, 1.165) is 0 Å². The first kappa shape index (κ1) is 12.0. The molecule has 7 heteroatoms. The fraction of sp³-hybridized carbons (Fsp3) is 0.700. The van der Waals surface area contributed by atoms with Crippen molar-refractivity contribution in [2.75, 3.05) is 30.8 Å². The Balaban J connectivity index is 2.15. The van der Waals surface area contributed by atoms with Crippen LogP contribution in [-0.4, -0.2) is 46.9 Å². The Morgan fingerprint density at radius 2 is 2.35 bits per heavy atom. The number of nitrogens with two attached hydrogens (primary N) is 1. The van der Waals surface area contributed by atoms with Crippen LogP contribution in [0.4, 0.5) is 16.3 Å². The Bertz CT molecular complexity index is 400. The summed E-state index contributed by atoms with van der Waals surface area (Å²) in [6.07, 6.45) is 1.53. The summed E-state index contributed by atoms with van der Waals surface area (Å²) in [7, 11) is 1.53. The molecular formula is C10H16FN5O. The lowest BCUT2D eigenvalue weighted by Gasteiger charge is -2.40. The van der Waals surface area contributed by atoms with Crippen LogP contribution in [-0.2, 0) is 4.74 Å². The van der Waals surface area contributed by atoms with Crippen molar-refractivity contribution in [3.8, 4) is 0 Å². The number of hydrogen-bond donors (Lipinski definition) is 1. The average molecular weight is 241 g/mol. The smallest absolute Gasteiger partial charge is 0.230 e. The van der Waals surface area contributed by atoms with E-state index < -0.39 is 11.8 Å². The molecule has 2 atom stereocenters. The molecule has 17 heavy (non-hydrogen) atoms. The van der Waals surface area contributed by atoms with Gasteiger partial charge in [0, 0.05) is 13.7 Å². The minimum atomic E-state index is -1.42. The lowest BCUT2D eigenvalue weighted by atomic mass is 9.93. The fourth-order valence-electron chi connectivity index (χ4n) is 2.11. The van der Waals surface area contributed by atoms with Gasteiger partial charge in [-0.15, -0.1) is 0 Å². The predicted octanol–water partition coefficient (Wildman–Crippen LogP) is 0.407. The first-order valence-corrected chi connectivity index (χ1v) is 5.44. The van der Waals surface area contributed by atoms with Gasteiger partial charge in [-0.1, -0.05) is 0 Å². The van der Waals surface area contributed by atoms with E-state index in [9.17, 15) is 4.39 Å². The summed E-state index contributed by atoms with van der Waals surface area (Å²) in [6.45, 7) is 2.36. The summed E-state index contributed by atoms with van der Waals surface area (Å²) in [5.74, 6) is 0.556. The number of ether oxygens (including phenoxy) is 1. The second-order valence-electron chi connectivity index (χ2n) is 4.36. The van der Waals surface area contributed by atoms with Gasteiger partial charge < -0.3 is 15.4 Å². The van der Waals surface area contributed by atoms with Gasteiger partial charge in [-0.25, -0.2) is 14.4 Å². The fourth-order valence-corrected chi connectivity index (χ4v) is 2.11. The van der Waals surface area contributed by atoms with Crippen LogP contribution in [0.1, 0.15) is 13.3 Å². The highest BCUT2D eigenvalue weighted by molar-refractivity contribution is 5.35. The molecular weight excluding hydrogens is 225 g/mol. The minimum absolute atomic E-state index is 0.143. The summed E-state index contributed by atoms with van der Waals surface area (Å²) in [6, 6.07) is 0. The Morgan fingerprint density at radius 1 is 1.59 bits per heavy atom. The van der Waals surface area contributed by atoms with Gasteiger partial charge in [-0.3, -0.25) is 0 Å². The molecule has 2 N–H and O–H groups in total. The zero-order valence-corrected chi connectivity index (χ0v) is 9.93. The van der Waals surface area contributed by atoms with Gasteiger partial charge in [0.15, 0.2) is 5.67 Å². The maximum absolute atomic E-state index is 14.3. The molecule has 6 nitrogen and oxygen atoms in total. The Labute approximate surface area is 99.0 Å². The van der Waals surface area contributed by atoms with Crippen LogP contribution in [0.2, 0.25) is 0 Å². The first-order valence-electron chi connectivity index (χ1n) is 5.44. The average Bonchev–Trinajstić information content (AvgIpc) is 2.27. The topological polar surface area (TPSA) is 77.2 Å². The second kappa shape index (κ2) is 4.40. The van der Waals surface area contributed by atoms with E-state index in [2.05, 4.69) is 15.0 Å². The van der Waals surface area contributed by atoms with Gasteiger partial charge in [0.25, 0.3) is 0 Å². The number of aromatic nitrogens is 3. The van der Waals surface area contributed by atoms with E-state index in [4.69, 9.17) is 10.5 Å². The van der Waals surface area contributed by atoms with Gasteiger partial charge in [0.2, 0.25) is 11.9 Å². The third kappa shape index (κ3) is 2.44. The number of anilines is 2. The zero-order chi connectivity index (χ0) is 12.5. The largest absolute Gasteiger partial charge is 0.378 e. The highest BCUT2D eigenvalue weighted by Crippen LogP contribution is 2.29. The molecule has 1 aromatic heterocycles. The van der Waals surface area contributed by atoms with Gasteiger partial charge in [0.05, 0.1) is 12.6 Å². The van der Waals surface area contributed by atoms with Crippen molar-refractivity contribution in [2.24, 2.45) is 0 Å². The van der Waals surface area contributed by atoms with Crippen LogP contribution in [0.5, 0.6) is 0 Å². The quantitative estimate of drug-likeness (QED) is 0.808. The molecule has 94 valence electrons. The number of alkyl halides is 1. The number of piperidine rings is 1. The number of nitrogens with zero attached hydrogens (tertiary/aromatic N) is 4. The summed E-state index contributed by atoms with van der Waals surface area (Å²) < 4.78 is 19.4. The molecule has 1 aliphatic heterocycles. The number of halogens is 1. The Morgan fingerprint density at radius 3 is 2.94 bits per heavy atom. The molecule has 1 fully saturated rings. The molecule has 1 saturated heterocycles. The number of nitrogen functional groups attached to an aromatic ring is 1. The van der Waals surface area contributed by atoms with E-state index in [-0.39, 0.29) is 12.5 Å². The Kier molecular flexibility index (Phi) is 3.10. The van der Waals surface area contributed by atoms with Crippen molar-refractivity contribution in [3.05, 3.63) is 6.33 Å². The second-order valence-corrected chi connectivity index (χ2v) is 4.36. The van der Waals surface area contributed by atoms with Crippen molar-refractivity contribution in [1.82, 2.24) is 15.0 Å². The number of rotatable bonds is 2. The summed E-state index contributed by atoms with van der Waals surface area (Å²) >= 11 is 0. The van der Waals surface area contributed by atoms with Crippen molar-refractivity contribution in [1.29, 1.82) is 0 Å². The normalized spacial score (nSPS) is 29.4. The van der Waals surface area contributed by atoms with Gasteiger partial charge >= 0.3 is 0 Å². The van der Waals surface area contributed by atoms with E-state index in [1.165, 1.54) is 20.4 Å². The third-order valence-corrected chi connectivity index (χ3v) is 2.98. The lowest BCUT2D eigenvalue weighted by molar-refractivity contribution is -0.0381. The zero-order valence-electron chi connectivity index (χ0n) is 9.93. The van der Waals surface area contributed by atoms with Gasteiger partial charge in [0.1, 0.15) is 6.33 Å². The van der Waals surface area contributed by atoms with Crippen LogP contribution in [0.3, 0.4) is 0 Å². The molecule has 0 saturated carbocycles. The Hall–Kier alpha value is -1.50. The van der Waals surface area contributed by atoms with Crippen LogP contribution in [0.15, 0.2) is 6.33 Å². The highest BCUT2D eigenvalue weighted by Gasteiger charge is 2.41. The van der Waals surface area contributed by atoms with Crippen molar-refractivity contribution >= 4 is 11.9 Å².